The van der Waals surface area contributed by atoms with Crippen LogP contribution in [0.4, 0.5) is 0 Å². The predicted molar refractivity (Wildman–Crippen MR) is 85.4 cm³/mol. The zero-order valence-electron chi connectivity index (χ0n) is 13.0. The fourth-order valence-corrected chi connectivity index (χ4v) is 3.00. The first kappa shape index (κ1) is 15.5. The Morgan fingerprint density at radius 2 is 1.95 bits per heavy atom. The van der Waals surface area contributed by atoms with E-state index >= 15 is 0 Å². The van der Waals surface area contributed by atoms with Gasteiger partial charge in [-0.05, 0) is 37.1 Å². The molecule has 0 radical (unpaired) electrons. The number of carbonyl (C=O) groups is 1. The normalized spacial score (nSPS) is 22.6. The van der Waals surface area contributed by atoms with Crippen LogP contribution in [0.2, 0.25) is 0 Å². The van der Waals surface area contributed by atoms with Gasteiger partial charge in [-0.15, -0.1) is 0 Å². The molecule has 1 atom stereocenters. The largest absolute Gasteiger partial charge is 0.366 e. The zero-order chi connectivity index (χ0) is 15.2. The summed E-state index contributed by atoms with van der Waals surface area (Å²) in [6.07, 6.45) is 2.29. The Hall–Kier alpha value is -1.43. The zero-order valence-corrected chi connectivity index (χ0v) is 13.0. The Labute approximate surface area is 132 Å². The van der Waals surface area contributed by atoms with Crippen LogP contribution in [0, 0.1) is 0 Å². The molecule has 0 aliphatic carbocycles. The first-order valence-electron chi connectivity index (χ1n) is 8.21. The first-order valence-corrected chi connectivity index (χ1v) is 8.21. The van der Waals surface area contributed by atoms with E-state index in [1.165, 1.54) is 31.5 Å². The smallest absolute Gasteiger partial charge is 0.250 e. The standard InChI is InChI=1S/C17H25N3O2/c21-17(16-12-18-7-10-22-16)19-11-14-3-5-15(6-4-14)13-20-8-1-2-9-20/h3-6,16,18H,1-2,7-13H2,(H,19,21). The van der Waals surface area contributed by atoms with E-state index in [4.69, 9.17) is 4.74 Å². The molecule has 0 saturated carbocycles. The highest BCUT2D eigenvalue weighted by Crippen LogP contribution is 2.13. The molecule has 0 spiro atoms. The van der Waals surface area contributed by atoms with E-state index in [9.17, 15) is 4.79 Å². The quantitative estimate of drug-likeness (QED) is 0.848. The molecule has 1 aromatic carbocycles. The van der Waals surface area contributed by atoms with Gasteiger partial charge >= 0.3 is 0 Å². The molecule has 1 amide bonds. The minimum Gasteiger partial charge on any atom is -0.366 e. The molecule has 2 N–H and O–H groups in total. The van der Waals surface area contributed by atoms with Crippen LogP contribution in [0.5, 0.6) is 0 Å². The van der Waals surface area contributed by atoms with Crippen molar-refractivity contribution in [1.29, 1.82) is 0 Å². The van der Waals surface area contributed by atoms with Crippen LogP contribution < -0.4 is 10.6 Å². The topological polar surface area (TPSA) is 53.6 Å². The van der Waals surface area contributed by atoms with E-state index < -0.39 is 0 Å². The van der Waals surface area contributed by atoms with E-state index in [1.807, 2.05) is 0 Å². The van der Waals surface area contributed by atoms with Gasteiger partial charge in [0.25, 0.3) is 5.91 Å². The van der Waals surface area contributed by atoms with Gasteiger partial charge < -0.3 is 15.4 Å². The maximum atomic E-state index is 12.0. The molecule has 1 unspecified atom stereocenters. The van der Waals surface area contributed by atoms with E-state index in [-0.39, 0.29) is 12.0 Å². The second-order valence-electron chi connectivity index (χ2n) is 6.08. The molecule has 2 fully saturated rings. The van der Waals surface area contributed by atoms with Crippen molar-refractivity contribution in [3.05, 3.63) is 35.4 Å². The van der Waals surface area contributed by atoms with Gasteiger partial charge in [0.2, 0.25) is 0 Å². The molecule has 0 aromatic heterocycles. The fraction of sp³-hybridized carbons (Fsp3) is 0.588. The number of amides is 1. The summed E-state index contributed by atoms with van der Waals surface area (Å²) in [6.45, 7) is 6.05. The Balaban J connectivity index is 1.45. The molecular formula is C17H25N3O2. The summed E-state index contributed by atoms with van der Waals surface area (Å²) in [5.41, 5.74) is 2.47. The average Bonchev–Trinajstić information content (AvgIpc) is 3.08. The number of carbonyl (C=O) groups excluding carboxylic acids is 1. The van der Waals surface area contributed by atoms with Crippen LogP contribution in [0.15, 0.2) is 24.3 Å². The van der Waals surface area contributed by atoms with Crippen LogP contribution in [0.1, 0.15) is 24.0 Å². The lowest BCUT2D eigenvalue weighted by Crippen LogP contribution is -2.47. The van der Waals surface area contributed by atoms with Crippen molar-refractivity contribution in [3.8, 4) is 0 Å². The lowest BCUT2D eigenvalue weighted by atomic mass is 10.1. The molecular weight excluding hydrogens is 278 g/mol. The highest BCUT2D eigenvalue weighted by atomic mass is 16.5. The number of morpholine rings is 1. The van der Waals surface area contributed by atoms with Gasteiger partial charge in [-0.1, -0.05) is 24.3 Å². The van der Waals surface area contributed by atoms with Crippen LogP contribution >= 0.6 is 0 Å². The monoisotopic (exact) mass is 303 g/mol. The highest BCUT2D eigenvalue weighted by Gasteiger charge is 2.21. The number of nitrogens with zero attached hydrogens (tertiary/aromatic N) is 1. The summed E-state index contributed by atoms with van der Waals surface area (Å²) in [6, 6.07) is 8.54. The van der Waals surface area contributed by atoms with Gasteiger partial charge in [0.15, 0.2) is 0 Å². The third-order valence-corrected chi connectivity index (χ3v) is 4.31. The minimum atomic E-state index is -0.358. The molecule has 2 aliphatic rings. The van der Waals surface area contributed by atoms with Gasteiger partial charge in [-0.3, -0.25) is 9.69 Å². The number of likely N-dealkylation sites (tertiary alicyclic amines) is 1. The molecule has 5 nitrogen and oxygen atoms in total. The summed E-state index contributed by atoms with van der Waals surface area (Å²) in [7, 11) is 0. The second kappa shape index (κ2) is 7.72. The maximum Gasteiger partial charge on any atom is 0.250 e. The van der Waals surface area contributed by atoms with Gasteiger partial charge in [0.05, 0.1) is 6.61 Å². The lowest BCUT2D eigenvalue weighted by molar-refractivity contribution is -0.134. The summed E-state index contributed by atoms with van der Waals surface area (Å²) in [4.78, 5) is 14.5. The molecule has 2 saturated heterocycles. The SMILES string of the molecule is O=C(NCc1ccc(CN2CCCC2)cc1)C1CNCCO1. The molecule has 0 bridgehead atoms. The Morgan fingerprint density at radius 3 is 2.64 bits per heavy atom. The minimum absolute atomic E-state index is 0.0339. The fourth-order valence-electron chi connectivity index (χ4n) is 3.00. The van der Waals surface area contributed by atoms with Crippen LogP contribution in [0.3, 0.4) is 0 Å². The average molecular weight is 303 g/mol. The number of ether oxygens (including phenoxy) is 1. The van der Waals surface area contributed by atoms with E-state index in [0.717, 1.165) is 18.7 Å². The highest BCUT2D eigenvalue weighted by molar-refractivity contribution is 5.81. The first-order chi connectivity index (χ1) is 10.8. The number of hydrogen-bond donors (Lipinski definition) is 2. The van der Waals surface area contributed by atoms with Crippen LogP contribution in [-0.2, 0) is 22.6 Å². The Morgan fingerprint density at radius 1 is 1.23 bits per heavy atom. The number of hydrogen-bond acceptors (Lipinski definition) is 4. The van der Waals surface area contributed by atoms with E-state index in [2.05, 4.69) is 39.8 Å². The van der Waals surface area contributed by atoms with E-state index in [1.54, 1.807) is 0 Å². The third kappa shape index (κ3) is 4.29. The van der Waals surface area contributed by atoms with Crippen molar-refractivity contribution >= 4 is 5.91 Å². The van der Waals surface area contributed by atoms with E-state index in [0.29, 0.717) is 19.7 Å². The van der Waals surface area contributed by atoms with Crippen molar-refractivity contribution in [2.45, 2.75) is 32.0 Å². The van der Waals surface area contributed by atoms with Crippen molar-refractivity contribution in [3.63, 3.8) is 0 Å². The van der Waals surface area contributed by atoms with Gasteiger partial charge in [-0.2, -0.15) is 0 Å². The van der Waals surface area contributed by atoms with Crippen molar-refractivity contribution in [2.24, 2.45) is 0 Å². The number of nitrogens with one attached hydrogen (secondary N) is 2. The Kier molecular flexibility index (Phi) is 5.43. The van der Waals surface area contributed by atoms with Gasteiger partial charge in [0, 0.05) is 26.2 Å². The second-order valence-corrected chi connectivity index (χ2v) is 6.08. The molecule has 1 aromatic rings. The molecule has 3 rings (SSSR count). The molecule has 5 heteroatoms. The van der Waals surface area contributed by atoms with Crippen molar-refractivity contribution in [1.82, 2.24) is 15.5 Å². The molecule has 120 valence electrons. The summed E-state index contributed by atoms with van der Waals surface area (Å²) >= 11 is 0. The van der Waals surface area contributed by atoms with Crippen LogP contribution in [-0.4, -0.2) is 49.7 Å². The number of benzene rings is 1. The van der Waals surface area contributed by atoms with Gasteiger partial charge in [-0.25, -0.2) is 0 Å². The number of rotatable bonds is 5. The third-order valence-electron chi connectivity index (χ3n) is 4.31. The maximum absolute atomic E-state index is 12.0. The molecule has 2 aliphatic heterocycles. The summed E-state index contributed by atoms with van der Waals surface area (Å²) in [5.74, 6) is -0.0339. The molecule has 22 heavy (non-hydrogen) atoms. The summed E-state index contributed by atoms with van der Waals surface area (Å²) < 4.78 is 5.44. The lowest BCUT2D eigenvalue weighted by Gasteiger charge is -2.22. The predicted octanol–water partition coefficient (Wildman–Crippen LogP) is 0.887. The summed E-state index contributed by atoms with van der Waals surface area (Å²) in [5, 5.41) is 6.11. The molecule has 2 heterocycles. The van der Waals surface area contributed by atoms with Crippen molar-refractivity contribution in [2.75, 3.05) is 32.8 Å². The van der Waals surface area contributed by atoms with Crippen molar-refractivity contribution < 1.29 is 9.53 Å². The van der Waals surface area contributed by atoms with Gasteiger partial charge in [0.1, 0.15) is 6.10 Å². The Bertz CT molecular complexity index is 477. The van der Waals surface area contributed by atoms with Crippen LogP contribution in [0.25, 0.3) is 0 Å².